The lowest BCUT2D eigenvalue weighted by atomic mass is 9.96. The van der Waals surface area contributed by atoms with E-state index in [9.17, 15) is 23.2 Å². The Bertz CT molecular complexity index is 1410. The van der Waals surface area contributed by atoms with Gasteiger partial charge in [-0.1, -0.05) is 23.2 Å². The molecule has 0 aliphatic carbocycles. The number of carboxylic acid groups (broad SMARTS) is 1. The highest BCUT2D eigenvalue weighted by atomic mass is 35.5. The third-order valence-electron chi connectivity index (χ3n) is 6.31. The fourth-order valence-corrected chi connectivity index (χ4v) is 4.74. The van der Waals surface area contributed by atoms with Gasteiger partial charge in [-0.3, -0.25) is 14.4 Å². The molecule has 0 radical (unpaired) electrons. The monoisotopic (exact) mass is 566 g/mol. The summed E-state index contributed by atoms with van der Waals surface area (Å²) in [7, 11) is 1.54. The van der Waals surface area contributed by atoms with Gasteiger partial charge >= 0.3 is 5.97 Å². The topological polar surface area (TPSA) is 114 Å². The first-order valence-corrected chi connectivity index (χ1v) is 12.2. The summed E-state index contributed by atoms with van der Waals surface area (Å²) in [6, 6.07) is 7.07. The zero-order valence-electron chi connectivity index (χ0n) is 20.0. The molecule has 13 heteroatoms. The average molecular weight is 567 g/mol. The van der Waals surface area contributed by atoms with Gasteiger partial charge < -0.3 is 24.6 Å². The molecule has 0 unspecified atom stereocenters. The van der Waals surface area contributed by atoms with E-state index in [1.54, 1.807) is 11.9 Å². The molecule has 2 aromatic carbocycles. The van der Waals surface area contributed by atoms with E-state index in [-0.39, 0.29) is 38.7 Å². The molecule has 0 atom stereocenters. The number of amides is 2. The average Bonchev–Trinajstić information content (AvgIpc) is 3.28. The van der Waals surface area contributed by atoms with Crippen LogP contribution in [-0.4, -0.2) is 57.3 Å². The van der Waals surface area contributed by atoms with Gasteiger partial charge in [-0.05, 0) is 43.2 Å². The van der Waals surface area contributed by atoms with Crippen LogP contribution >= 0.6 is 23.2 Å². The third kappa shape index (κ3) is 5.44. The highest BCUT2D eigenvalue weighted by Crippen LogP contribution is 2.35. The van der Waals surface area contributed by atoms with E-state index in [1.807, 2.05) is 0 Å². The molecule has 9 nitrogen and oxygen atoms in total. The Balaban J connectivity index is 1.48. The minimum Gasteiger partial charge on any atom is -0.481 e. The Labute approximate surface area is 225 Å². The van der Waals surface area contributed by atoms with Crippen molar-refractivity contribution < 1.29 is 33.0 Å². The number of imidazole rings is 1. The molecule has 1 saturated heterocycles. The SMILES string of the molecule is Cn1c(-c2ccc(OCF)c(F)c2Cl)cnc1C(=O)Nc1ccc(C(=O)N2CCC(C(=O)O)CC2)c(Cl)c1. The van der Waals surface area contributed by atoms with Crippen molar-refractivity contribution in [2.24, 2.45) is 13.0 Å². The molecule has 1 aliphatic heterocycles. The largest absolute Gasteiger partial charge is 0.481 e. The lowest BCUT2D eigenvalue weighted by Crippen LogP contribution is -2.40. The maximum Gasteiger partial charge on any atom is 0.306 e. The Morgan fingerprint density at radius 2 is 1.89 bits per heavy atom. The molecule has 4 rings (SSSR count). The number of piperidine rings is 1. The van der Waals surface area contributed by atoms with Crippen LogP contribution in [0.4, 0.5) is 14.5 Å². The van der Waals surface area contributed by atoms with Crippen LogP contribution < -0.4 is 10.1 Å². The van der Waals surface area contributed by atoms with E-state index >= 15 is 0 Å². The number of halogens is 4. The molecule has 2 heterocycles. The minimum absolute atomic E-state index is 0.0156. The summed E-state index contributed by atoms with van der Waals surface area (Å²) in [6.07, 6.45) is 2.07. The number of hydrogen-bond acceptors (Lipinski definition) is 5. The molecular weight excluding hydrogens is 545 g/mol. The molecule has 200 valence electrons. The molecule has 0 bridgehead atoms. The van der Waals surface area contributed by atoms with Gasteiger partial charge in [-0.15, -0.1) is 0 Å². The second-order valence-electron chi connectivity index (χ2n) is 8.57. The molecule has 0 spiro atoms. The number of aliphatic carboxylic acids is 1. The zero-order valence-corrected chi connectivity index (χ0v) is 21.5. The number of anilines is 1. The lowest BCUT2D eigenvalue weighted by Gasteiger charge is -2.30. The zero-order chi connectivity index (χ0) is 27.6. The van der Waals surface area contributed by atoms with Crippen LogP contribution in [0.1, 0.15) is 33.8 Å². The standard InChI is InChI=1S/C25H22Cl2F2N4O5/c1-32-18(16-4-5-19(38-12-28)21(29)20(16)27)11-30-22(32)23(34)31-14-2-3-15(17(26)10-14)24(35)33-8-6-13(7-9-33)25(36)37/h2-5,10-11,13H,6-9,12H2,1H3,(H,31,34)(H,36,37). The number of nitrogens with zero attached hydrogens (tertiary/aromatic N) is 3. The number of nitrogens with one attached hydrogen (secondary N) is 1. The Hall–Kier alpha value is -3.70. The van der Waals surface area contributed by atoms with Crippen molar-refractivity contribution in [1.29, 1.82) is 0 Å². The quantitative estimate of drug-likeness (QED) is 0.414. The first-order valence-electron chi connectivity index (χ1n) is 11.4. The maximum atomic E-state index is 14.4. The summed E-state index contributed by atoms with van der Waals surface area (Å²) in [5.74, 6) is -3.56. The molecule has 2 N–H and O–H groups in total. The Morgan fingerprint density at radius 1 is 1.18 bits per heavy atom. The number of rotatable bonds is 7. The number of carbonyl (C=O) groups is 3. The van der Waals surface area contributed by atoms with Crippen LogP contribution in [0.2, 0.25) is 10.0 Å². The van der Waals surface area contributed by atoms with Crippen LogP contribution in [-0.2, 0) is 11.8 Å². The second-order valence-corrected chi connectivity index (χ2v) is 9.36. The van der Waals surface area contributed by atoms with Crippen molar-refractivity contribution in [3.8, 4) is 17.0 Å². The van der Waals surface area contributed by atoms with Crippen molar-refractivity contribution in [1.82, 2.24) is 14.5 Å². The molecule has 3 aromatic rings. The number of carbonyl (C=O) groups excluding carboxylic acids is 2. The van der Waals surface area contributed by atoms with Gasteiger partial charge in [0, 0.05) is 31.4 Å². The van der Waals surface area contributed by atoms with Crippen molar-refractivity contribution in [3.63, 3.8) is 0 Å². The van der Waals surface area contributed by atoms with Gasteiger partial charge in [0.25, 0.3) is 11.8 Å². The van der Waals surface area contributed by atoms with E-state index in [4.69, 9.17) is 28.3 Å². The molecule has 38 heavy (non-hydrogen) atoms. The smallest absolute Gasteiger partial charge is 0.306 e. The number of likely N-dealkylation sites (tertiary alicyclic amines) is 1. The van der Waals surface area contributed by atoms with Crippen LogP contribution in [0.3, 0.4) is 0 Å². The molecule has 1 aromatic heterocycles. The number of ether oxygens (including phenoxy) is 1. The molecule has 1 aliphatic rings. The van der Waals surface area contributed by atoms with Gasteiger partial charge in [0.2, 0.25) is 6.86 Å². The van der Waals surface area contributed by atoms with Gasteiger partial charge in [-0.2, -0.15) is 0 Å². The maximum absolute atomic E-state index is 14.4. The number of alkyl halides is 1. The number of benzene rings is 2. The molecule has 0 saturated carbocycles. The summed E-state index contributed by atoms with van der Waals surface area (Å²) in [5.41, 5.74) is 1.09. The van der Waals surface area contributed by atoms with Gasteiger partial charge in [0.1, 0.15) is 0 Å². The van der Waals surface area contributed by atoms with Gasteiger partial charge in [0.15, 0.2) is 17.4 Å². The Morgan fingerprint density at radius 3 is 2.53 bits per heavy atom. The summed E-state index contributed by atoms with van der Waals surface area (Å²) in [5, 5.41) is 11.6. The predicted molar refractivity (Wildman–Crippen MR) is 136 cm³/mol. The van der Waals surface area contributed by atoms with Gasteiger partial charge in [0.05, 0.1) is 33.4 Å². The summed E-state index contributed by atoms with van der Waals surface area (Å²) < 4.78 is 32.8. The fraction of sp³-hybridized carbons (Fsp3) is 0.280. The van der Waals surface area contributed by atoms with Crippen molar-refractivity contribution in [2.75, 3.05) is 25.3 Å². The normalized spacial score (nSPS) is 13.9. The molecule has 1 fully saturated rings. The van der Waals surface area contributed by atoms with Crippen LogP contribution in [0.5, 0.6) is 5.75 Å². The molecule has 2 amide bonds. The summed E-state index contributed by atoms with van der Waals surface area (Å²) in [4.78, 5) is 42.6. The van der Waals surface area contributed by atoms with E-state index in [2.05, 4.69) is 15.0 Å². The van der Waals surface area contributed by atoms with Crippen molar-refractivity contribution in [2.45, 2.75) is 12.8 Å². The predicted octanol–water partition coefficient (Wildman–Crippen LogP) is 5.03. The van der Waals surface area contributed by atoms with E-state index in [0.29, 0.717) is 37.3 Å². The number of hydrogen-bond donors (Lipinski definition) is 2. The second kappa shape index (κ2) is 11.4. The van der Waals surface area contributed by atoms with Crippen LogP contribution in [0, 0.1) is 11.7 Å². The Kier molecular flexibility index (Phi) is 8.17. The fourth-order valence-electron chi connectivity index (χ4n) is 4.22. The molecular formula is C25H22Cl2F2N4O5. The van der Waals surface area contributed by atoms with E-state index in [1.165, 1.54) is 41.1 Å². The van der Waals surface area contributed by atoms with Crippen LogP contribution in [0.25, 0.3) is 11.3 Å². The lowest BCUT2D eigenvalue weighted by molar-refractivity contribution is -0.143. The number of aromatic nitrogens is 2. The summed E-state index contributed by atoms with van der Waals surface area (Å²) >= 11 is 12.4. The summed E-state index contributed by atoms with van der Waals surface area (Å²) in [6.45, 7) is -0.593. The van der Waals surface area contributed by atoms with E-state index in [0.717, 1.165) is 0 Å². The van der Waals surface area contributed by atoms with Crippen molar-refractivity contribution in [3.05, 3.63) is 63.8 Å². The number of carboxylic acids is 1. The highest BCUT2D eigenvalue weighted by Gasteiger charge is 2.28. The van der Waals surface area contributed by atoms with Gasteiger partial charge in [-0.25, -0.2) is 13.8 Å². The first-order chi connectivity index (χ1) is 18.1. The van der Waals surface area contributed by atoms with E-state index < -0.39 is 30.5 Å². The highest BCUT2D eigenvalue weighted by molar-refractivity contribution is 6.34. The minimum atomic E-state index is -1.22. The van der Waals surface area contributed by atoms with Crippen LogP contribution in [0.15, 0.2) is 36.5 Å². The van der Waals surface area contributed by atoms with Crippen molar-refractivity contribution >= 4 is 46.7 Å². The third-order valence-corrected chi connectivity index (χ3v) is 7.00. The first kappa shape index (κ1) is 27.3.